The Morgan fingerprint density at radius 3 is 3.04 bits per heavy atom. The van der Waals surface area contributed by atoms with E-state index in [1.54, 1.807) is 6.20 Å². The maximum absolute atomic E-state index is 12.8. The number of ether oxygens (including phenoxy) is 2. The molecular formula is C20H21N5O3. The molecule has 0 saturated heterocycles. The number of imidazole rings is 1. The summed E-state index contributed by atoms with van der Waals surface area (Å²) in [7, 11) is 0. The zero-order valence-corrected chi connectivity index (χ0v) is 15.6. The topological polar surface area (TPSA) is 85.3 Å². The van der Waals surface area contributed by atoms with Gasteiger partial charge in [-0.3, -0.25) is 9.89 Å². The number of nitrogens with one attached hydrogen (secondary N) is 1. The molecule has 0 spiro atoms. The minimum Gasteiger partial charge on any atom is -0.454 e. The standard InChI is InChI=1S/C20H21N5O3/c1-13-21-6-9-24(13)8-5-19(26)25-7-4-16-15(11-25)20(23-22-16)14-2-3-17-18(10-14)28-12-27-17/h2-3,6,9-10H,4-5,7-8,11-12H2,1H3,(H,22,23). The fourth-order valence-corrected chi connectivity index (χ4v) is 3.80. The largest absolute Gasteiger partial charge is 0.454 e. The van der Waals surface area contributed by atoms with Gasteiger partial charge in [-0.15, -0.1) is 0 Å². The number of fused-ring (bicyclic) bond motifs is 2. The molecule has 8 heteroatoms. The van der Waals surface area contributed by atoms with Crippen LogP contribution >= 0.6 is 0 Å². The van der Waals surface area contributed by atoms with Crippen LogP contribution in [0.5, 0.6) is 11.5 Å². The third-order valence-corrected chi connectivity index (χ3v) is 5.42. The monoisotopic (exact) mass is 379 g/mol. The Balaban J connectivity index is 1.33. The molecule has 1 aromatic carbocycles. The molecule has 0 fully saturated rings. The van der Waals surface area contributed by atoms with Crippen molar-refractivity contribution >= 4 is 5.91 Å². The minimum absolute atomic E-state index is 0.150. The van der Waals surface area contributed by atoms with Crippen molar-refractivity contribution in [2.45, 2.75) is 32.9 Å². The van der Waals surface area contributed by atoms with Crippen molar-refractivity contribution in [2.24, 2.45) is 0 Å². The van der Waals surface area contributed by atoms with E-state index in [2.05, 4.69) is 15.2 Å². The lowest BCUT2D eigenvalue weighted by molar-refractivity contribution is -0.132. The number of carbonyl (C=O) groups is 1. The lowest BCUT2D eigenvalue weighted by atomic mass is 10.0. The van der Waals surface area contributed by atoms with E-state index in [0.717, 1.165) is 46.3 Å². The molecule has 2 aliphatic rings. The van der Waals surface area contributed by atoms with Gasteiger partial charge in [0.2, 0.25) is 12.7 Å². The summed E-state index contributed by atoms with van der Waals surface area (Å²) in [5.74, 6) is 2.55. The van der Waals surface area contributed by atoms with Crippen LogP contribution in [0.25, 0.3) is 11.3 Å². The fourth-order valence-electron chi connectivity index (χ4n) is 3.80. The van der Waals surface area contributed by atoms with Gasteiger partial charge in [0.15, 0.2) is 11.5 Å². The Kier molecular flexibility index (Phi) is 4.03. The van der Waals surface area contributed by atoms with Gasteiger partial charge < -0.3 is 18.9 Å². The lowest BCUT2D eigenvalue weighted by Crippen LogP contribution is -2.36. The van der Waals surface area contributed by atoms with Crippen molar-refractivity contribution in [3.63, 3.8) is 0 Å². The first-order valence-corrected chi connectivity index (χ1v) is 9.40. The van der Waals surface area contributed by atoms with Crippen LogP contribution in [-0.2, 0) is 24.3 Å². The van der Waals surface area contributed by atoms with Crippen LogP contribution in [0.15, 0.2) is 30.6 Å². The molecule has 3 aromatic rings. The molecule has 4 heterocycles. The molecule has 0 bridgehead atoms. The van der Waals surface area contributed by atoms with E-state index >= 15 is 0 Å². The Labute approximate surface area is 162 Å². The quantitative estimate of drug-likeness (QED) is 0.752. The van der Waals surface area contributed by atoms with Crippen LogP contribution in [-0.4, -0.2) is 43.9 Å². The van der Waals surface area contributed by atoms with E-state index < -0.39 is 0 Å². The third-order valence-electron chi connectivity index (χ3n) is 5.42. The van der Waals surface area contributed by atoms with Crippen molar-refractivity contribution in [3.05, 3.63) is 47.7 Å². The van der Waals surface area contributed by atoms with Crippen LogP contribution in [0, 0.1) is 6.92 Å². The molecule has 0 saturated carbocycles. The number of rotatable bonds is 4. The maximum atomic E-state index is 12.8. The summed E-state index contributed by atoms with van der Waals surface area (Å²) in [6.07, 6.45) is 4.91. The van der Waals surface area contributed by atoms with Gasteiger partial charge >= 0.3 is 0 Å². The highest BCUT2D eigenvalue weighted by atomic mass is 16.7. The molecule has 1 N–H and O–H groups in total. The summed E-state index contributed by atoms with van der Waals surface area (Å²) in [5.41, 5.74) is 4.01. The molecule has 0 unspecified atom stereocenters. The van der Waals surface area contributed by atoms with Crippen LogP contribution < -0.4 is 9.47 Å². The number of aromatic amines is 1. The number of amides is 1. The summed E-state index contributed by atoms with van der Waals surface area (Å²) in [6, 6.07) is 5.83. The Hall–Kier alpha value is -3.29. The summed E-state index contributed by atoms with van der Waals surface area (Å²) >= 11 is 0. The second kappa shape index (κ2) is 6.70. The van der Waals surface area contributed by atoms with E-state index in [1.165, 1.54) is 0 Å². The summed E-state index contributed by atoms with van der Waals surface area (Å²) < 4.78 is 12.9. The number of carbonyl (C=O) groups excluding carboxylic acids is 1. The minimum atomic E-state index is 0.150. The molecule has 144 valence electrons. The first-order chi connectivity index (χ1) is 13.7. The molecule has 2 aliphatic heterocycles. The van der Waals surface area contributed by atoms with Crippen molar-refractivity contribution in [2.75, 3.05) is 13.3 Å². The van der Waals surface area contributed by atoms with E-state index in [4.69, 9.17) is 9.47 Å². The number of hydrogen-bond acceptors (Lipinski definition) is 5. The highest BCUT2D eigenvalue weighted by molar-refractivity contribution is 5.77. The number of nitrogens with zero attached hydrogens (tertiary/aromatic N) is 4. The molecule has 8 nitrogen and oxygen atoms in total. The van der Waals surface area contributed by atoms with Gasteiger partial charge in [-0.2, -0.15) is 5.10 Å². The number of aromatic nitrogens is 4. The lowest BCUT2D eigenvalue weighted by Gasteiger charge is -2.27. The first-order valence-electron chi connectivity index (χ1n) is 9.40. The summed E-state index contributed by atoms with van der Waals surface area (Å²) in [4.78, 5) is 18.9. The Bertz CT molecular complexity index is 1040. The van der Waals surface area contributed by atoms with Crippen LogP contribution in [0.4, 0.5) is 0 Å². The molecule has 5 rings (SSSR count). The first kappa shape index (κ1) is 16.9. The molecule has 0 radical (unpaired) electrons. The van der Waals surface area contributed by atoms with Crippen LogP contribution in [0.3, 0.4) is 0 Å². The maximum Gasteiger partial charge on any atom is 0.231 e. The summed E-state index contributed by atoms with van der Waals surface area (Å²) in [6.45, 7) is 4.11. The highest BCUT2D eigenvalue weighted by Gasteiger charge is 2.26. The molecule has 28 heavy (non-hydrogen) atoms. The van der Waals surface area contributed by atoms with Gasteiger partial charge in [-0.25, -0.2) is 4.98 Å². The Morgan fingerprint density at radius 2 is 2.18 bits per heavy atom. The second-order valence-electron chi connectivity index (χ2n) is 7.08. The van der Waals surface area contributed by atoms with Gasteiger partial charge in [0.1, 0.15) is 5.82 Å². The van der Waals surface area contributed by atoms with Gasteiger partial charge in [0.25, 0.3) is 0 Å². The number of H-pyrrole nitrogens is 1. The summed E-state index contributed by atoms with van der Waals surface area (Å²) in [5, 5.41) is 7.66. The van der Waals surface area contributed by atoms with Crippen molar-refractivity contribution < 1.29 is 14.3 Å². The van der Waals surface area contributed by atoms with Gasteiger partial charge in [0.05, 0.1) is 5.69 Å². The van der Waals surface area contributed by atoms with Gasteiger partial charge in [-0.1, -0.05) is 0 Å². The van der Waals surface area contributed by atoms with Crippen molar-refractivity contribution in [1.29, 1.82) is 0 Å². The smallest absolute Gasteiger partial charge is 0.231 e. The highest BCUT2D eigenvalue weighted by Crippen LogP contribution is 2.37. The average molecular weight is 379 g/mol. The number of aryl methyl sites for hydroxylation is 2. The second-order valence-corrected chi connectivity index (χ2v) is 7.08. The molecule has 1 amide bonds. The number of hydrogen-bond donors (Lipinski definition) is 1. The van der Waals surface area contributed by atoms with Gasteiger partial charge in [-0.05, 0) is 25.1 Å². The van der Waals surface area contributed by atoms with Crippen LogP contribution in [0.1, 0.15) is 23.5 Å². The van der Waals surface area contributed by atoms with E-state index in [0.29, 0.717) is 26.1 Å². The van der Waals surface area contributed by atoms with Gasteiger partial charge in [0, 0.05) is 61.7 Å². The van der Waals surface area contributed by atoms with Crippen molar-refractivity contribution in [3.8, 4) is 22.8 Å². The van der Waals surface area contributed by atoms with E-state index in [9.17, 15) is 4.79 Å². The van der Waals surface area contributed by atoms with Crippen molar-refractivity contribution in [1.82, 2.24) is 24.6 Å². The number of benzene rings is 1. The molecule has 0 aliphatic carbocycles. The fraction of sp³-hybridized carbons (Fsp3) is 0.350. The molecule has 0 atom stereocenters. The predicted molar refractivity (Wildman–Crippen MR) is 101 cm³/mol. The molecular weight excluding hydrogens is 358 g/mol. The SMILES string of the molecule is Cc1nccn1CCC(=O)N1CCc2[nH]nc(-c3ccc4c(c3)OCO4)c2C1. The molecule has 2 aromatic heterocycles. The Morgan fingerprint density at radius 1 is 1.29 bits per heavy atom. The average Bonchev–Trinajstić information content (AvgIpc) is 3.44. The van der Waals surface area contributed by atoms with E-state index in [1.807, 2.05) is 40.8 Å². The zero-order valence-electron chi connectivity index (χ0n) is 15.6. The van der Waals surface area contributed by atoms with E-state index in [-0.39, 0.29) is 12.7 Å². The predicted octanol–water partition coefficient (Wildman–Crippen LogP) is 2.29. The van der Waals surface area contributed by atoms with Crippen LogP contribution in [0.2, 0.25) is 0 Å². The normalized spacial score (nSPS) is 15.0. The zero-order chi connectivity index (χ0) is 19.1. The third kappa shape index (κ3) is 2.90.